The molecule has 1 aliphatic heterocycles. The summed E-state index contributed by atoms with van der Waals surface area (Å²) in [5, 5.41) is 4.26. The van der Waals surface area contributed by atoms with E-state index in [0.717, 1.165) is 5.56 Å². The van der Waals surface area contributed by atoms with Gasteiger partial charge in [0.2, 0.25) is 0 Å². The molecule has 1 aromatic carbocycles. The highest BCUT2D eigenvalue weighted by Gasteiger charge is 2.34. The maximum Gasteiger partial charge on any atom is 0.162 e. The summed E-state index contributed by atoms with van der Waals surface area (Å²) in [5.74, 6) is 1.10. The predicted molar refractivity (Wildman–Crippen MR) is 69.2 cm³/mol. The molecular formula is C14H18FN3. The van der Waals surface area contributed by atoms with Gasteiger partial charge < -0.3 is 0 Å². The fourth-order valence-corrected chi connectivity index (χ4v) is 2.24. The van der Waals surface area contributed by atoms with Crippen LogP contribution in [-0.2, 0) is 0 Å². The van der Waals surface area contributed by atoms with Crippen LogP contribution in [0.4, 0.5) is 4.39 Å². The maximum atomic E-state index is 13.7. The Balaban J connectivity index is 0.000000574. The van der Waals surface area contributed by atoms with Gasteiger partial charge in [0.05, 0.1) is 6.04 Å². The Hall–Kier alpha value is -1.71. The lowest BCUT2D eigenvalue weighted by molar-refractivity contribution is 0.328. The van der Waals surface area contributed by atoms with Gasteiger partial charge in [-0.3, -0.25) is 0 Å². The standard InChI is InChI=1S/C12H12FN3.C2H6/c1-8-14-12-10(13)7-11(16(12)15-8)9-5-3-2-4-6-9;1-2/h2-6,10-11H,7H2,1H3;1-2H3/t10-,11+;/m1./s1. The van der Waals surface area contributed by atoms with Crippen LogP contribution in [0.25, 0.3) is 0 Å². The van der Waals surface area contributed by atoms with Crippen LogP contribution in [0.2, 0.25) is 0 Å². The molecule has 96 valence electrons. The number of rotatable bonds is 1. The van der Waals surface area contributed by atoms with E-state index in [1.165, 1.54) is 0 Å². The highest BCUT2D eigenvalue weighted by Crippen LogP contribution is 2.38. The van der Waals surface area contributed by atoms with Crippen molar-refractivity contribution in [2.45, 2.75) is 39.4 Å². The molecule has 1 aromatic heterocycles. The monoisotopic (exact) mass is 247 g/mol. The van der Waals surface area contributed by atoms with Crippen molar-refractivity contribution in [2.24, 2.45) is 0 Å². The number of alkyl halides is 1. The number of hydrogen-bond acceptors (Lipinski definition) is 2. The van der Waals surface area contributed by atoms with Crippen molar-refractivity contribution in [1.29, 1.82) is 0 Å². The van der Waals surface area contributed by atoms with Crippen molar-refractivity contribution in [2.75, 3.05) is 0 Å². The van der Waals surface area contributed by atoms with Crippen molar-refractivity contribution >= 4 is 0 Å². The molecule has 0 amide bonds. The first-order chi connectivity index (χ1) is 8.75. The van der Waals surface area contributed by atoms with E-state index in [1.54, 1.807) is 11.6 Å². The molecular weight excluding hydrogens is 229 g/mol. The SMILES string of the molecule is CC.Cc1nc2n(n1)[C@H](c1ccccc1)C[C@H]2F. The number of benzene rings is 1. The Morgan fingerprint density at radius 1 is 1.22 bits per heavy atom. The fraction of sp³-hybridized carbons (Fsp3) is 0.429. The molecule has 0 saturated heterocycles. The minimum atomic E-state index is -0.994. The van der Waals surface area contributed by atoms with Crippen LogP contribution < -0.4 is 0 Å². The van der Waals surface area contributed by atoms with Gasteiger partial charge in [-0.05, 0) is 12.5 Å². The first kappa shape index (κ1) is 12.7. The number of halogens is 1. The Kier molecular flexibility index (Phi) is 3.75. The Morgan fingerprint density at radius 2 is 1.89 bits per heavy atom. The zero-order valence-corrected chi connectivity index (χ0v) is 11.0. The van der Waals surface area contributed by atoms with E-state index in [-0.39, 0.29) is 6.04 Å². The lowest BCUT2D eigenvalue weighted by Gasteiger charge is -2.10. The van der Waals surface area contributed by atoms with Gasteiger partial charge in [-0.15, -0.1) is 0 Å². The molecule has 4 heteroatoms. The molecule has 0 fully saturated rings. The quantitative estimate of drug-likeness (QED) is 0.770. The molecule has 0 N–H and O–H groups in total. The van der Waals surface area contributed by atoms with E-state index in [1.807, 2.05) is 44.2 Å². The molecule has 2 atom stereocenters. The average Bonchev–Trinajstić information content (AvgIpc) is 2.93. The first-order valence-electron chi connectivity index (χ1n) is 6.38. The predicted octanol–water partition coefficient (Wildman–Crippen LogP) is 3.62. The van der Waals surface area contributed by atoms with Gasteiger partial charge in [-0.1, -0.05) is 44.2 Å². The van der Waals surface area contributed by atoms with Gasteiger partial charge in [0.15, 0.2) is 12.0 Å². The summed E-state index contributed by atoms with van der Waals surface area (Å²) in [6, 6.07) is 9.88. The molecule has 0 spiro atoms. The largest absolute Gasteiger partial charge is 0.239 e. The zero-order valence-electron chi connectivity index (χ0n) is 11.0. The zero-order chi connectivity index (χ0) is 13.1. The van der Waals surface area contributed by atoms with Crippen LogP contribution in [0.3, 0.4) is 0 Å². The Morgan fingerprint density at radius 3 is 2.56 bits per heavy atom. The maximum absolute atomic E-state index is 13.7. The first-order valence-corrected chi connectivity index (χ1v) is 6.38. The van der Waals surface area contributed by atoms with Gasteiger partial charge in [-0.2, -0.15) is 5.10 Å². The summed E-state index contributed by atoms with van der Waals surface area (Å²) in [6.45, 7) is 5.79. The lowest BCUT2D eigenvalue weighted by atomic mass is 10.0. The third-order valence-corrected chi connectivity index (χ3v) is 2.95. The normalized spacial score (nSPS) is 21.1. The van der Waals surface area contributed by atoms with Crippen LogP contribution in [0.15, 0.2) is 30.3 Å². The number of fused-ring (bicyclic) bond motifs is 1. The minimum Gasteiger partial charge on any atom is -0.239 e. The van der Waals surface area contributed by atoms with Gasteiger partial charge in [-0.25, -0.2) is 14.1 Å². The summed E-state index contributed by atoms with van der Waals surface area (Å²) < 4.78 is 15.5. The molecule has 0 bridgehead atoms. The van der Waals surface area contributed by atoms with Crippen LogP contribution in [0, 0.1) is 6.92 Å². The van der Waals surface area contributed by atoms with E-state index in [0.29, 0.717) is 18.1 Å². The van der Waals surface area contributed by atoms with E-state index in [4.69, 9.17) is 0 Å². The molecule has 3 rings (SSSR count). The van der Waals surface area contributed by atoms with E-state index >= 15 is 0 Å². The topological polar surface area (TPSA) is 30.7 Å². The number of aryl methyl sites for hydroxylation is 1. The van der Waals surface area contributed by atoms with E-state index in [9.17, 15) is 4.39 Å². The number of nitrogens with zero attached hydrogens (tertiary/aromatic N) is 3. The van der Waals surface area contributed by atoms with Crippen LogP contribution in [0.1, 0.15) is 49.7 Å². The Bertz CT molecular complexity index is 507. The average molecular weight is 247 g/mol. The highest BCUT2D eigenvalue weighted by atomic mass is 19.1. The van der Waals surface area contributed by atoms with Crippen molar-refractivity contribution in [1.82, 2.24) is 14.8 Å². The molecule has 3 nitrogen and oxygen atoms in total. The third-order valence-electron chi connectivity index (χ3n) is 2.95. The second kappa shape index (κ2) is 5.29. The number of hydrogen-bond donors (Lipinski definition) is 0. The molecule has 0 saturated carbocycles. The molecule has 1 aliphatic rings. The van der Waals surface area contributed by atoms with E-state index < -0.39 is 6.17 Å². The van der Waals surface area contributed by atoms with Crippen LogP contribution in [-0.4, -0.2) is 14.8 Å². The second-order valence-electron chi connectivity index (χ2n) is 4.09. The summed E-state index contributed by atoms with van der Waals surface area (Å²) in [5.41, 5.74) is 1.09. The van der Waals surface area contributed by atoms with E-state index in [2.05, 4.69) is 10.1 Å². The number of aromatic nitrogens is 3. The summed E-state index contributed by atoms with van der Waals surface area (Å²) in [7, 11) is 0. The molecule has 0 unspecified atom stereocenters. The van der Waals surface area contributed by atoms with Crippen LogP contribution >= 0.6 is 0 Å². The third kappa shape index (κ3) is 2.15. The van der Waals surface area contributed by atoms with Gasteiger partial charge in [0, 0.05) is 6.42 Å². The molecule has 2 heterocycles. The van der Waals surface area contributed by atoms with Gasteiger partial charge >= 0.3 is 0 Å². The molecule has 0 aliphatic carbocycles. The molecule has 0 radical (unpaired) electrons. The van der Waals surface area contributed by atoms with Crippen molar-refractivity contribution in [3.63, 3.8) is 0 Å². The fourth-order valence-electron chi connectivity index (χ4n) is 2.24. The van der Waals surface area contributed by atoms with Crippen molar-refractivity contribution in [3.8, 4) is 0 Å². The second-order valence-corrected chi connectivity index (χ2v) is 4.09. The molecule has 2 aromatic rings. The summed E-state index contributed by atoms with van der Waals surface area (Å²) >= 11 is 0. The van der Waals surface area contributed by atoms with Gasteiger partial charge in [0.25, 0.3) is 0 Å². The Labute approximate surface area is 107 Å². The van der Waals surface area contributed by atoms with Crippen molar-refractivity contribution < 1.29 is 4.39 Å². The summed E-state index contributed by atoms with van der Waals surface area (Å²) in [4.78, 5) is 4.12. The smallest absolute Gasteiger partial charge is 0.162 e. The lowest BCUT2D eigenvalue weighted by Crippen LogP contribution is -2.07. The molecule has 18 heavy (non-hydrogen) atoms. The minimum absolute atomic E-state index is 0.00704. The highest BCUT2D eigenvalue weighted by molar-refractivity contribution is 5.23. The van der Waals surface area contributed by atoms with Crippen LogP contribution in [0.5, 0.6) is 0 Å². The van der Waals surface area contributed by atoms with Gasteiger partial charge in [0.1, 0.15) is 5.82 Å². The summed E-state index contributed by atoms with van der Waals surface area (Å²) in [6.07, 6.45) is -0.550. The van der Waals surface area contributed by atoms with Crippen molar-refractivity contribution in [3.05, 3.63) is 47.5 Å².